The number of amides is 1. The molecule has 1 aliphatic rings. The molecule has 2 N–H and O–H groups in total. The predicted octanol–water partition coefficient (Wildman–Crippen LogP) is 0.678. The summed E-state index contributed by atoms with van der Waals surface area (Å²) in [5.41, 5.74) is 0. The molecule has 2 heterocycles. The van der Waals surface area contributed by atoms with E-state index in [-0.39, 0.29) is 10.7 Å². The molecule has 0 radical (unpaired) electrons. The van der Waals surface area contributed by atoms with E-state index in [1.54, 1.807) is 6.92 Å². The van der Waals surface area contributed by atoms with Crippen LogP contribution in [0.15, 0.2) is 39.8 Å². The van der Waals surface area contributed by atoms with Crippen molar-refractivity contribution in [3.8, 4) is 0 Å². The van der Waals surface area contributed by atoms with Crippen molar-refractivity contribution in [1.82, 2.24) is 10.5 Å². The first-order valence-electron chi connectivity index (χ1n) is 8.68. The number of carbonyl (C=O) groups excluding carboxylic acids is 1. The zero-order chi connectivity index (χ0) is 21.4. The van der Waals surface area contributed by atoms with Gasteiger partial charge in [-0.25, -0.2) is 21.2 Å². The first-order chi connectivity index (χ1) is 13.5. The van der Waals surface area contributed by atoms with Gasteiger partial charge in [0.1, 0.15) is 11.6 Å². The van der Waals surface area contributed by atoms with Gasteiger partial charge >= 0.3 is 0 Å². The third kappa shape index (κ3) is 4.82. The Morgan fingerprint density at radius 3 is 2.52 bits per heavy atom. The zero-order valence-electron chi connectivity index (χ0n) is 15.6. The SMILES string of the molecule is Cc1cc(NC(=O)[C@H](C)N[C@H]2CS(=O)(=O)C[C@@H]2S(=O)(=O)c2ccc(F)cc2)no1. The second-order valence-electron chi connectivity index (χ2n) is 6.92. The predicted molar refractivity (Wildman–Crippen MR) is 102 cm³/mol. The van der Waals surface area contributed by atoms with Gasteiger partial charge < -0.3 is 15.2 Å². The number of rotatable bonds is 6. The molecule has 12 heteroatoms. The molecule has 0 unspecified atom stereocenters. The van der Waals surface area contributed by atoms with Crippen LogP contribution in [0.25, 0.3) is 0 Å². The Kier molecular flexibility index (Phi) is 5.79. The van der Waals surface area contributed by atoms with Crippen molar-refractivity contribution in [1.29, 1.82) is 0 Å². The van der Waals surface area contributed by atoms with Gasteiger partial charge in [0.15, 0.2) is 25.5 Å². The maximum absolute atomic E-state index is 13.1. The number of carbonyl (C=O) groups is 1. The van der Waals surface area contributed by atoms with Gasteiger partial charge in [0, 0.05) is 12.1 Å². The Bertz CT molecular complexity index is 1110. The van der Waals surface area contributed by atoms with Gasteiger partial charge in [-0.05, 0) is 38.1 Å². The Morgan fingerprint density at radius 1 is 1.28 bits per heavy atom. The van der Waals surface area contributed by atoms with Gasteiger partial charge in [0.2, 0.25) is 5.91 Å². The highest BCUT2D eigenvalue weighted by molar-refractivity contribution is 7.96. The number of hydrogen-bond acceptors (Lipinski definition) is 8. The van der Waals surface area contributed by atoms with Gasteiger partial charge in [0.25, 0.3) is 0 Å². The van der Waals surface area contributed by atoms with Crippen molar-refractivity contribution in [2.75, 3.05) is 16.8 Å². The van der Waals surface area contributed by atoms with Crippen molar-refractivity contribution in [2.24, 2.45) is 0 Å². The van der Waals surface area contributed by atoms with E-state index in [0.717, 1.165) is 24.3 Å². The molecule has 0 bridgehead atoms. The minimum atomic E-state index is -4.07. The summed E-state index contributed by atoms with van der Waals surface area (Å²) in [5, 5.41) is 7.63. The number of aryl methyl sites for hydroxylation is 1. The summed E-state index contributed by atoms with van der Waals surface area (Å²) in [5.74, 6) is -1.46. The molecule has 0 aliphatic carbocycles. The van der Waals surface area contributed by atoms with Crippen LogP contribution in [0, 0.1) is 12.7 Å². The Labute approximate surface area is 167 Å². The summed E-state index contributed by atoms with van der Waals surface area (Å²) >= 11 is 0. The van der Waals surface area contributed by atoms with Gasteiger partial charge in [-0.1, -0.05) is 5.16 Å². The molecule has 1 aliphatic heterocycles. The quantitative estimate of drug-likeness (QED) is 0.620. The Hall–Kier alpha value is -2.31. The summed E-state index contributed by atoms with van der Waals surface area (Å²) in [6.07, 6.45) is 0. The maximum Gasteiger partial charge on any atom is 0.242 e. The summed E-state index contributed by atoms with van der Waals surface area (Å²) in [6, 6.07) is 3.77. The number of benzene rings is 1. The largest absolute Gasteiger partial charge is 0.360 e. The lowest BCUT2D eigenvalue weighted by Gasteiger charge is -2.23. The van der Waals surface area contributed by atoms with Crippen molar-refractivity contribution in [3.63, 3.8) is 0 Å². The van der Waals surface area contributed by atoms with Gasteiger partial charge in [0.05, 0.1) is 27.7 Å². The fourth-order valence-electron chi connectivity index (χ4n) is 3.13. The van der Waals surface area contributed by atoms with E-state index in [2.05, 4.69) is 15.8 Å². The molecule has 3 atom stereocenters. The molecule has 0 spiro atoms. The highest BCUT2D eigenvalue weighted by Gasteiger charge is 2.46. The van der Waals surface area contributed by atoms with E-state index in [1.807, 2.05) is 0 Å². The summed E-state index contributed by atoms with van der Waals surface area (Å²) in [7, 11) is -7.72. The summed E-state index contributed by atoms with van der Waals surface area (Å²) < 4.78 is 68.1. The topological polar surface area (TPSA) is 135 Å². The van der Waals surface area contributed by atoms with Gasteiger partial charge in [-0.15, -0.1) is 0 Å². The maximum atomic E-state index is 13.1. The second kappa shape index (κ2) is 7.84. The van der Waals surface area contributed by atoms with Crippen LogP contribution < -0.4 is 10.6 Å². The van der Waals surface area contributed by atoms with Crippen LogP contribution in [0.3, 0.4) is 0 Å². The first-order valence-corrected chi connectivity index (χ1v) is 12.0. The zero-order valence-corrected chi connectivity index (χ0v) is 17.3. The van der Waals surface area contributed by atoms with E-state index in [4.69, 9.17) is 4.52 Å². The second-order valence-corrected chi connectivity index (χ2v) is 11.2. The van der Waals surface area contributed by atoms with Gasteiger partial charge in [-0.3, -0.25) is 4.79 Å². The van der Waals surface area contributed by atoms with E-state index >= 15 is 0 Å². The smallest absolute Gasteiger partial charge is 0.242 e. The number of nitrogens with one attached hydrogen (secondary N) is 2. The molecule has 158 valence electrons. The fourth-order valence-corrected chi connectivity index (χ4v) is 7.81. The molecule has 1 fully saturated rings. The molecule has 1 amide bonds. The first kappa shape index (κ1) is 21.4. The van der Waals surface area contributed by atoms with Crippen molar-refractivity contribution in [2.45, 2.75) is 36.1 Å². The normalized spacial score (nSPS) is 22.3. The highest BCUT2D eigenvalue weighted by atomic mass is 32.2. The average Bonchev–Trinajstić information content (AvgIpc) is 3.17. The number of nitrogens with zero attached hydrogens (tertiary/aromatic N) is 1. The highest BCUT2D eigenvalue weighted by Crippen LogP contribution is 2.26. The molecule has 1 aromatic heterocycles. The van der Waals surface area contributed by atoms with Crippen LogP contribution in [-0.2, 0) is 24.5 Å². The lowest BCUT2D eigenvalue weighted by atomic mass is 10.2. The summed E-state index contributed by atoms with van der Waals surface area (Å²) in [4.78, 5) is 12.2. The molecular formula is C17H20FN3O6S2. The number of halogens is 1. The number of aromatic nitrogens is 1. The minimum absolute atomic E-state index is 0.178. The number of anilines is 1. The monoisotopic (exact) mass is 445 g/mol. The minimum Gasteiger partial charge on any atom is -0.360 e. The third-order valence-electron chi connectivity index (χ3n) is 4.58. The third-order valence-corrected chi connectivity index (χ3v) is 8.74. The van der Waals surface area contributed by atoms with Gasteiger partial charge in [-0.2, -0.15) is 0 Å². The molecule has 0 saturated carbocycles. The van der Waals surface area contributed by atoms with Crippen molar-refractivity contribution < 1.29 is 30.5 Å². The van der Waals surface area contributed by atoms with Crippen LogP contribution >= 0.6 is 0 Å². The molecule has 1 aromatic carbocycles. The molecular weight excluding hydrogens is 425 g/mol. The van der Waals surface area contributed by atoms with E-state index in [9.17, 15) is 26.0 Å². The molecule has 29 heavy (non-hydrogen) atoms. The Morgan fingerprint density at radius 2 is 1.93 bits per heavy atom. The lowest BCUT2D eigenvalue weighted by Crippen LogP contribution is -2.50. The summed E-state index contributed by atoms with van der Waals surface area (Å²) in [6.45, 7) is 3.13. The van der Waals surface area contributed by atoms with Crippen LogP contribution in [0.1, 0.15) is 12.7 Å². The average molecular weight is 445 g/mol. The van der Waals surface area contributed by atoms with Crippen molar-refractivity contribution in [3.05, 3.63) is 41.9 Å². The van der Waals surface area contributed by atoms with Crippen LogP contribution in [0.4, 0.5) is 10.2 Å². The van der Waals surface area contributed by atoms with Crippen LogP contribution in [-0.4, -0.2) is 56.7 Å². The number of sulfone groups is 2. The molecule has 3 rings (SSSR count). The van der Waals surface area contributed by atoms with Crippen molar-refractivity contribution >= 4 is 31.4 Å². The van der Waals surface area contributed by atoms with E-state index in [0.29, 0.717) is 5.76 Å². The lowest BCUT2D eigenvalue weighted by molar-refractivity contribution is -0.118. The molecule has 2 aromatic rings. The van der Waals surface area contributed by atoms with E-state index < -0.39 is 60.2 Å². The molecule has 9 nitrogen and oxygen atoms in total. The van der Waals surface area contributed by atoms with Crippen LogP contribution in [0.5, 0.6) is 0 Å². The molecule has 1 saturated heterocycles. The van der Waals surface area contributed by atoms with E-state index in [1.165, 1.54) is 13.0 Å². The number of hydrogen-bond donors (Lipinski definition) is 2. The Balaban J connectivity index is 1.79. The fraction of sp³-hybridized carbons (Fsp3) is 0.412. The van der Waals surface area contributed by atoms with Crippen LogP contribution in [0.2, 0.25) is 0 Å². The standard InChI is InChI=1S/C17H20FN3O6S2/c1-10-7-16(21-27-10)20-17(22)11(2)19-14-8-28(23,24)9-15(14)29(25,26)13-5-3-12(18)4-6-13/h3-7,11,14-15,19H,8-9H2,1-2H3,(H,20,21,22)/t11-,14-,15-/m0/s1.